The predicted octanol–water partition coefficient (Wildman–Crippen LogP) is 3.13. The monoisotopic (exact) mass is 324 g/mol. The van der Waals surface area contributed by atoms with E-state index in [0.717, 1.165) is 38.1 Å². The Labute approximate surface area is 138 Å². The molecule has 2 N–H and O–H groups in total. The lowest BCUT2D eigenvalue weighted by Gasteiger charge is -2.29. The van der Waals surface area contributed by atoms with Crippen molar-refractivity contribution in [3.05, 3.63) is 34.6 Å². The fourth-order valence-electron chi connectivity index (χ4n) is 2.58. The SMILES string of the molecule is CC.CCCCOCCN1CCc2c(F)cc(C(N)=O)cc2C1. The van der Waals surface area contributed by atoms with Crippen molar-refractivity contribution in [2.45, 2.75) is 46.6 Å². The molecule has 0 saturated heterocycles. The summed E-state index contributed by atoms with van der Waals surface area (Å²) in [5.41, 5.74) is 7.06. The Bertz CT molecular complexity index is 506. The summed E-state index contributed by atoms with van der Waals surface area (Å²) in [5, 5.41) is 0. The highest BCUT2D eigenvalue weighted by Gasteiger charge is 2.20. The molecule has 1 amide bonds. The highest BCUT2D eigenvalue weighted by Crippen LogP contribution is 2.23. The van der Waals surface area contributed by atoms with Gasteiger partial charge in [0.2, 0.25) is 5.91 Å². The molecule has 1 heterocycles. The van der Waals surface area contributed by atoms with Gasteiger partial charge in [-0.05, 0) is 36.1 Å². The number of hydrogen-bond donors (Lipinski definition) is 1. The van der Waals surface area contributed by atoms with E-state index in [1.165, 1.54) is 6.07 Å². The molecule has 0 aromatic heterocycles. The van der Waals surface area contributed by atoms with Gasteiger partial charge < -0.3 is 10.5 Å². The molecule has 0 unspecified atom stereocenters. The third-order valence-corrected chi connectivity index (χ3v) is 3.84. The summed E-state index contributed by atoms with van der Waals surface area (Å²) in [5.74, 6) is -0.906. The summed E-state index contributed by atoms with van der Waals surface area (Å²) in [7, 11) is 0. The molecule has 5 heteroatoms. The molecular weight excluding hydrogens is 295 g/mol. The smallest absolute Gasteiger partial charge is 0.248 e. The fraction of sp³-hybridized carbons (Fsp3) is 0.611. The Hall–Kier alpha value is -1.46. The van der Waals surface area contributed by atoms with Crippen LogP contribution < -0.4 is 5.73 Å². The van der Waals surface area contributed by atoms with Crippen LogP contribution in [-0.2, 0) is 17.7 Å². The Kier molecular flexibility index (Phi) is 8.81. The zero-order chi connectivity index (χ0) is 17.2. The number of primary amides is 1. The summed E-state index contributed by atoms with van der Waals surface area (Å²) in [6, 6.07) is 2.95. The summed E-state index contributed by atoms with van der Waals surface area (Å²) in [6.07, 6.45) is 2.87. The largest absolute Gasteiger partial charge is 0.380 e. The van der Waals surface area contributed by atoms with Gasteiger partial charge in [-0.2, -0.15) is 0 Å². The van der Waals surface area contributed by atoms with Crippen molar-refractivity contribution in [3.8, 4) is 0 Å². The topological polar surface area (TPSA) is 55.6 Å². The van der Waals surface area contributed by atoms with Crippen molar-refractivity contribution in [2.75, 3.05) is 26.3 Å². The van der Waals surface area contributed by atoms with Crippen LogP contribution in [0.25, 0.3) is 0 Å². The van der Waals surface area contributed by atoms with E-state index in [9.17, 15) is 9.18 Å². The Morgan fingerprint density at radius 2 is 2.09 bits per heavy atom. The molecular formula is C18H29FN2O2. The lowest BCUT2D eigenvalue weighted by molar-refractivity contribution is 0.0965. The second-order valence-corrected chi connectivity index (χ2v) is 5.45. The molecule has 1 aliphatic heterocycles. The zero-order valence-electron chi connectivity index (χ0n) is 14.5. The molecule has 0 fully saturated rings. The molecule has 1 aliphatic rings. The highest BCUT2D eigenvalue weighted by molar-refractivity contribution is 5.93. The molecule has 1 aromatic carbocycles. The lowest BCUT2D eigenvalue weighted by atomic mass is 9.96. The van der Waals surface area contributed by atoms with Gasteiger partial charge in [-0.1, -0.05) is 27.2 Å². The van der Waals surface area contributed by atoms with Crippen molar-refractivity contribution in [3.63, 3.8) is 0 Å². The number of carbonyl (C=O) groups excluding carboxylic acids is 1. The van der Waals surface area contributed by atoms with Gasteiger partial charge in [-0.25, -0.2) is 4.39 Å². The Morgan fingerprint density at radius 1 is 1.35 bits per heavy atom. The summed E-state index contributed by atoms with van der Waals surface area (Å²) in [4.78, 5) is 13.4. The molecule has 0 aliphatic carbocycles. The van der Waals surface area contributed by atoms with Gasteiger partial charge >= 0.3 is 0 Å². The van der Waals surface area contributed by atoms with Crippen LogP contribution in [0, 0.1) is 5.82 Å². The molecule has 130 valence electrons. The van der Waals surface area contributed by atoms with E-state index >= 15 is 0 Å². The number of halogens is 1. The van der Waals surface area contributed by atoms with Gasteiger partial charge in [-0.15, -0.1) is 0 Å². The van der Waals surface area contributed by atoms with Crippen molar-refractivity contribution in [1.82, 2.24) is 4.90 Å². The van der Waals surface area contributed by atoms with E-state index in [0.29, 0.717) is 25.1 Å². The standard InChI is InChI=1S/C16H23FN2O2.C2H6/c1-2-3-7-21-8-6-19-5-4-14-13(11-19)9-12(16(18)20)10-15(14)17;1-2/h9-10H,2-8,11H2,1H3,(H2,18,20);1-2H3. The van der Waals surface area contributed by atoms with Crippen LogP contribution in [0.2, 0.25) is 0 Å². The number of fused-ring (bicyclic) bond motifs is 1. The van der Waals surface area contributed by atoms with Crippen LogP contribution in [0.15, 0.2) is 12.1 Å². The number of rotatable bonds is 7. The predicted molar refractivity (Wildman–Crippen MR) is 91.0 cm³/mol. The van der Waals surface area contributed by atoms with Crippen LogP contribution in [0.1, 0.15) is 55.1 Å². The molecule has 2 rings (SSSR count). The zero-order valence-corrected chi connectivity index (χ0v) is 14.5. The Balaban J connectivity index is 0.00000127. The molecule has 0 bridgehead atoms. The van der Waals surface area contributed by atoms with E-state index in [1.54, 1.807) is 6.07 Å². The number of amides is 1. The molecule has 4 nitrogen and oxygen atoms in total. The first kappa shape index (κ1) is 19.6. The van der Waals surface area contributed by atoms with E-state index < -0.39 is 5.91 Å². The number of nitrogens with two attached hydrogens (primary N) is 1. The molecule has 23 heavy (non-hydrogen) atoms. The minimum Gasteiger partial charge on any atom is -0.380 e. The van der Waals surface area contributed by atoms with Gasteiger partial charge in [0.05, 0.1) is 6.61 Å². The normalized spacial score (nSPS) is 13.9. The van der Waals surface area contributed by atoms with E-state index in [1.807, 2.05) is 13.8 Å². The van der Waals surface area contributed by atoms with Crippen LogP contribution in [0.4, 0.5) is 4.39 Å². The minimum absolute atomic E-state index is 0.243. The number of nitrogens with zero attached hydrogens (tertiary/aromatic N) is 1. The summed E-state index contributed by atoms with van der Waals surface area (Å²) >= 11 is 0. The number of benzene rings is 1. The van der Waals surface area contributed by atoms with E-state index in [-0.39, 0.29) is 11.4 Å². The van der Waals surface area contributed by atoms with E-state index in [2.05, 4.69) is 11.8 Å². The quantitative estimate of drug-likeness (QED) is 0.784. The molecule has 0 radical (unpaired) electrons. The third-order valence-electron chi connectivity index (χ3n) is 3.84. The minimum atomic E-state index is -0.586. The first-order valence-corrected chi connectivity index (χ1v) is 8.53. The van der Waals surface area contributed by atoms with Gasteiger partial charge in [0.15, 0.2) is 0 Å². The summed E-state index contributed by atoms with van der Waals surface area (Å²) < 4.78 is 19.5. The molecule has 0 atom stereocenters. The molecule has 0 spiro atoms. The van der Waals surface area contributed by atoms with Crippen LogP contribution in [-0.4, -0.2) is 37.1 Å². The number of unbranched alkanes of at least 4 members (excludes halogenated alkanes) is 1. The number of ether oxygens (including phenoxy) is 1. The number of carbonyl (C=O) groups is 1. The van der Waals surface area contributed by atoms with E-state index in [4.69, 9.17) is 10.5 Å². The maximum atomic E-state index is 14.0. The Morgan fingerprint density at radius 3 is 2.74 bits per heavy atom. The van der Waals surface area contributed by atoms with Crippen LogP contribution in [0.5, 0.6) is 0 Å². The molecule has 0 saturated carbocycles. The summed E-state index contributed by atoms with van der Waals surface area (Å²) in [6.45, 7) is 9.90. The second-order valence-electron chi connectivity index (χ2n) is 5.45. The second kappa shape index (κ2) is 10.3. The van der Waals surface area contributed by atoms with Gasteiger partial charge in [0.25, 0.3) is 0 Å². The maximum Gasteiger partial charge on any atom is 0.248 e. The first-order chi connectivity index (χ1) is 11.1. The first-order valence-electron chi connectivity index (χ1n) is 8.53. The maximum absolute atomic E-state index is 14.0. The highest BCUT2D eigenvalue weighted by atomic mass is 19.1. The average molecular weight is 324 g/mol. The molecule has 1 aromatic rings. The van der Waals surface area contributed by atoms with Crippen molar-refractivity contribution in [1.29, 1.82) is 0 Å². The van der Waals surface area contributed by atoms with Gasteiger partial charge in [-0.3, -0.25) is 9.69 Å². The fourth-order valence-corrected chi connectivity index (χ4v) is 2.58. The van der Waals surface area contributed by atoms with Crippen molar-refractivity contribution < 1.29 is 13.9 Å². The third kappa shape index (κ3) is 5.92. The van der Waals surface area contributed by atoms with Gasteiger partial charge in [0.1, 0.15) is 5.82 Å². The van der Waals surface area contributed by atoms with Crippen LogP contribution in [0.3, 0.4) is 0 Å². The average Bonchev–Trinajstić information content (AvgIpc) is 2.56. The van der Waals surface area contributed by atoms with Crippen molar-refractivity contribution in [2.24, 2.45) is 5.73 Å². The lowest BCUT2D eigenvalue weighted by Crippen LogP contribution is -2.34. The van der Waals surface area contributed by atoms with Crippen LogP contribution >= 0.6 is 0 Å². The number of hydrogen-bond acceptors (Lipinski definition) is 3. The van der Waals surface area contributed by atoms with Crippen molar-refractivity contribution >= 4 is 5.91 Å². The van der Waals surface area contributed by atoms with Gasteiger partial charge in [0, 0.05) is 31.8 Å².